The molecule has 0 amide bonds. The summed E-state index contributed by atoms with van der Waals surface area (Å²) in [5, 5.41) is 0. The zero-order chi connectivity index (χ0) is 12.0. The zero-order valence-electron chi connectivity index (χ0n) is 11.2. The third-order valence-electron chi connectivity index (χ3n) is 3.61. The molecule has 0 aromatic rings. The van der Waals surface area contributed by atoms with Crippen LogP contribution in [-0.2, 0) is 4.79 Å². The number of rotatable bonds is 6. The molecule has 0 aromatic carbocycles. The summed E-state index contributed by atoms with van der Waals surface area (Å²) in [6.45, 7) is 7.92. The van der Waals surface area contributed by atoms with Crippen LogP contribution in [0.4, 0.5) is 0 Å². The minimum Gasteiger partial charge on any atom is -0.300 e. The third-order valence-corrected chi connectivity index (χ3v) is 3.61. The normalized spacial score (nSPS) is 22.1. The van der Waals surface area contributed by atoms with Gasteiger partial charge in [-0.1, -0.05) is 19.8 Å². The second-order valence-electron chi connectivity index (χ2n) is 5.33. The molecule has 16 heavy (non-hydrogen) atoms. The van der Waals surface area contributed by atoms with Gasteiger partial charge in [0.25, 0.3) is 0 Å². The van der Waals surface area contributed by atoms with Gasteiger partial charge >= 0.3 is 0 Å². The largest absolute Gasteiger partial charge is 0.300 e. The molecular weight excluding hydrogens is 198 g/mol. The van der Waals surface area contributed by atoms with E-state index in [0.29, 0.717) is 17.9 Å². The minimum absolute atomic E-state index is 0.470. The molecule has 1 fully saturated rings. The maximum Gasteiger partial charge on any atom is 0.134 e. The van der Waals surface area contributed by atoms with Gasteiger partial charge in [-0.15, -0.1) is 0 Å². The Kier molecular flexibility index (Phi) is 6.04. The summed E-state index contributed by atoms with van der Waals surface area (Å²) in [7, 11) is 0. The topological polar surface area (TPSA) is 20.3 Å². The first-order chi connectivity index (χ1) is 7.65. The lowest BCUT2D eigenvalue weighted by molar-refractivity contribution is -0.122. The van der Waals surface area contributed by atoms with Crippen molar-refractivity contribution in [2.75, 3.05) is 6.54 Å². The Labute approximate surface area is 100 Å². The zero-order valence-corrected chi connectivity index (χ0v) is 11.2. The van der Waals surface area contributed by atoms with Crippen LogP contribution in [0.2, 0.25) is 0 Å². The van der Waals surface area contributed by atoms with Gasteiger partial charge in [-0.3, -0.25) is 9.69 Å². The van der Waals surface area contributed by atoms with Crippen LogP contribution in [-0.4, -0.2) is 29.3 Å². The lowest BCUT2D eigenvalue weighted by Crippen LogP contribution is -2.43. The molecule has 1 saturated carbocycles. The van der Waals surface area contributed by atoms with Gasteiger partial charge in [0.15, 0.2) is 0 Å². The van der Waals surface area contributed by atoms with E-state index in [4.69, 9.17) is 0 Å². The summed E-state index contributed by atoms with van der Waals surface area (Å²) >= 11 is 0. The first-order valence-corrected chi connectivity index (χ1v) is 6.92. The van der Waals surface area contributed by atoms with Crippen LogP contribution in [0.5, 0.6) is 0 Å². The number of carbonyl (C=O) groups excluding carboxylic acids is 1. The fourth-order valence-corrected chi connectivity index (χ4v) is 2.69. The lowest BCUT2D eigenvalue weighted by Gasteiger charge is -2.36. The Bertz CT molecular complexity index is 213. The van der Waals surface area contributed by atoms with Gasteiger partial charge in [0, 0.05) is 24.9 Å². The fraction of sp³-hybridized carbons (Fsp3) is 0.929. The number of ketones is 1. The Morgan fingerprint density at radius 2 is 2.12 bits per heavy atom. The van der Waals surface area contributed by atoms with Crippen molar-refractivity contribution in [1.82, 2.24) is 4.90 Å². The van der Waals surface area contributed by atoms with Crippen molar-refractivity contribution in [3.63, 3.8) is 0 Å². The molecule has 0 saturated heterocycles. The summed E-state index contributed by atoms with van der Waals surface area (Å²) in [4.78, 5) is 14.1. The second kappa shape index (κ2) is 7.05. The van der Waals surface area contributed by atoms with Crippen molar-refractivity contribution < 1.29 is 4.79 Å². The average Bonchev–Trinajstić information content (AvgIpc) is 2.24. The molecule has 0 aliphatic heterocycles. The molecule has 0 radical (unpaired) electrons. The predicted octanol–water partition coefficient (Wildman–Crippen LogP) is 3.40. The van der Waals surface area contributed by atoms with Gasteiger partial charge in [0.05, 0.1) is 0 Å². The molecule has 2 heteroatoms. The van der Waals surface area contributed by atoms with E-state index in [1.807, 2.05) is 0 Å². The number of unbranched alkanes of at least 4 members (excludes halogenated alkanes) is 2. The summed E-state index contributed by atoms with van der Waals surface area (Å²) in [6, 6.07) is 1.10. The molecular formula is C14H27NO. The summed E-state index contributed by atoms with van der Waals surface area (Å²) in [5.74, 6) is 0.470. The highest BCUT2D eigenvalue weighted by atomic mass is 16.1. The van der Waals surface area contributed by atoms with E-state index in [9.17, 15) is 4.79 Å². The van der Waals surface area contributed by atoms with E-state index < -0.39 is 0 Å². The first kappa shape index (κ1) is 13.7. The summed E-state index contributed by atoms with van der Waals surface area (Å²) < 4.78 is 0. The van der Waals surface area contributed by atoms with Gasteiger partial charge in [0.1, 0.15) is 5.78 Å². The molecule has 0 spiro atoms. The summed E-state index contributed by atoms with van der Waals surface area (Å²) in [6.07, 6.45) is 7.79. The maximum absolute atomic E-state index is 11.5. The predicted molar refractivity (Wildman–Crippen MR) is 68.6 cm³/mol. The smallest absolute Gasteiger partial charge is 0.134 e. The van der Waals surface area contributed by atoms with Gasteiger partial charge in [-0.2, -0.15) is 0 Å². The highest BCUT2D eigenvalue weighted by Crippen LogP contribution is 2.22. The minimum atomic E-state index is 0.470. The Balaban J connectivity index is 2.44. The number of Topliss-reactive ketones (excluding diaryl/α,β-unsaturated/α-hetero) is 1. The van der Waals surface area contributed by atoms with Crippen LogP contribution < -0.4 is 0 Å². The van der Waals surface area contributed by atoms with Gasteiger partial charge in [0.2, 0.25) is 0 Å². The van der Waals surface area contributed by atoms with Gasteiger partial charge in [-0.25, -0.2) is 0 Å². The Morgan fingerprint density at radius 3 is 2.69 bits per heavy atom. The summed E-state index contributed by atoms with van der Waals surface area (Å²) in [5.41, 5.74) is 0. The highest BCUT2D eigenvalue weighted by molar-refractivity contribution is 5.79. The van der Waals surface area contributed by atoms with Gasteiger partial charge < -0.3 is 0 Å². The Morgan fingerprint density at radius 1 is 1.38 bits per heavy atom. The molecule has 0 aromatic heterocycles. The third kappa shape index (κ3) is 4.25. The van der Waals surface area contributed by atoms with E-state index >= 15 is 0 Å². The van der Waals surface area contributed by atoms with E-state index in [1.54, 1.807) is 0 Å². The van der Waals surface area contributed by atoms with Crippen LogP contribution >= 0.6 is 0 Å². The van der Waals surface area contributed by atoms with Crippen LogP contribution in [0.25, 0.3) is 0 Å². The average molecular weight is 225 g/mol. The first-order valence-electron chi connectivity index (χ1n) is 6.92. The number of nitrogens with zero attached hydrogens (tertiary/aromatic N) is 1. The van der Waals surface area contributed by atoms with Crippen LogP contribution in [0.1, 0.15) is 65.7 Å². The molecule has 1 atom stereocenters. The standard InChI is InChI=1S/C14H27NO/c1-4-5-6-10-15(12(2)3)13-8-7-9-14(16)11-13/h12-13H,4-11H2,1-3H3. The van der Waals surface area contributed by atoms with E-state index in [1.165, 1.54) is 32.2 Å². The second-order valence-corrected chi connectivity index (χ2v) is 5.33. The maximum atomic E-state index is 11.5. The lowest BCUT2D eigenvalue weighted by atomic mass is 9.92. The van der Waals surface area contributed by atoms with Crippen LogP contribution in [0, 0.1) is 0 Å². The SMILES string of the molecule is CCCCCN(C(C)C)C1CCCC(=O)C1. The molecule has 1 rings (SSSR count). The monoisotopic (exact) mass is 225 g/mol. The van der Waals surface area contributed by atoms with E-state index in [0.717, 1.165) is 19.3 Å². The van der Waals surface area contributed by atoms with E-state index in [2.05, 4.69) is 25.7 Å². The fourth-order valence-electron chi connectivity index (χ4n) is 2.69. The van der Waals surface area contributed by atoms with Crippen molar-refractivity contribution in [1.29, 1.82) is 0 Å². The van der Waals surface area contributed by atoms with Crippen molar-refractivity contribution >= 4 is 5.78 Å². The Hall–Kier alpha value is -0.370. The molecule has 0 bridgehead atoms. The molecule has 94 valence electrons. The molecule has 1 unspecified atom stereocenters. The van der Waals surface area contributed by atoms with Crippen molar-refractivity contribution in [2.45, 2.75) is 77.8 Å². The van der Waals surface area contributed by atoms with Gasteiger partial charge in [-0.05, 0) is 39.7 Å². The molecule has 0 heterocycles. The van der Waals surface area contributed by atoms with Crippen molar-refractivity contribution in [2.24, 2.45) is 0 Å². The van der Waals surface area contributed by atoms with Crippen molar-refractivity contribution in [3.05, 3.63) is 0 Å². The molecule has 2 nitrogen and oxygen atoms in total. The molecule has 1 aliphatic rings. The van der Waals surface area contributed by atoms with E-state index in [-0.39, 0.29) is 0 Å². The quantitative estimate of drug-likeness (QED) is 0.646. The van der Waals surface area contributed by atoms with Crippen LogP contribution in [0.15, 0.2) is 0 Å². The number of hydrogen-bond donors (Lipinski definition) is 0. The molecule has 0 N–H and O–H groups in total. The number of hydrogen-bond acceptors (Lipinski definition) is 2. The van der Waals surface area contributed by atoms with Crippen molar-refractivity contribution in [3.8, 4) is 0 Å². The highest BCUT2D eigenvalue weighted by Gasteiger charge is 2.26. The molecule has 1 aliphatic carbocycles. The van der Waals surface area contributed by atoms with Crippen LogP contribution in [0.3, 0.4) is 0 Å². The number of carbonyl (C=O) groups is 1.